The second kappa shape index (κ2) is 8.11. The molecule has 0 atom stereocenters. The van der Waals surface area contributed by atoms with E-state index in [9.17, 15) is 4.79 Å². The van der Waals surface area contributed by atoms with Crippen LogP contribution in [0.4, 0.5) is 5.69 Å². The van der Waals surface area contributed by atoms with E-state index in [1.807, 2.05) is 66.7 Å². The Morgan fingerprint density at radius 2 is 1.57 bits per heavy atom. The predicted molar refractivity (Wildman–Crippen MR) is 112 cm³/mol. The summed E-state index contributed by atoms with van der Waals surface area (Å²) in [5.74, 6) is 1.33. The van der Waals surface area contributed by atoms with Crippen LogP contribution in [0.15, 0.2) is 85.1 Å². The van der Waals surface area contributed by atoms with Crippen molar-refractivity contribution in [3.63, 3.8) is 0 Å². The molecule has 0 saturated carbocycles. The largest absolute Gasteiger partial charge is 0.457 e. The second-order valence-corrected chi connectivity index (χ2v) is 6.74. The van der Waals surface area contributed by atoms with Gasteiger partial charge in [0.05, 0.1) is 17.6 Å². The summed E-state index contributed by atoms with van der Waals surface area (Å²) in [7, 11) is 0. The molecule has 1 aromatic heterocycles. The van der Waals surface area contributed by atoms with Gasteiger partial charge in [0.2, 0.25) is 5.91 Å². The van der Waals surface area contributed by atoms with Crippen LogP contribution < -0.4 is 10.1 Å². The molecule has 4 aromatic rings. The summed E-state index contributed by atoms with van der Waals surface area (Å²) < 4.78 is 5.77. The van der Waals surface area contributed by atoms with Gasteiger partial charge in [-0.05, 0) is 54.1 Å². The summed E-state index contributed by atoms with van der Waals surface area (Å²) in [6.45, 7) is 0. The monoisotopic (exact) mass is 388 g/mol. The molecule has 1 N–H and O–H groups in total. The van der Waals surface area contributed by atoms with Crippen LogP contribution in [-0.2, 0) is 11.2 Å². The number of halogens is 1. The van der Waals surface area contributed by atoms with Crippen LogP contribution in [0.1, 0.15) is 5.56 Å². The van der Waals surface area contributed by atoms with Gasteiger partial charge in [-0.15, -0.1) is 0 Å². The number of hydrogen-bond acceptors (Lipinski definition) is 3. The van der Waals surface area contributed by atoms with Crippen molar-refractivity contribution >= 4 is 34.1 Å². The Labute approximate surface area is 167 Å². The van der Waals surface area contributed by atoms with Crippen molar-refractivity contribution in [3.05, 3.63) is 95.6 Å². The number of anilines is 1. The number of benzene rings is 3. The third-order valence-electron chi connectivity index (χ3n) is 4.26. The van der Waals surface area contributed by atoms with Crippen LogP contribution in [0, 0.1) is 0 Å². The average molecular weight is 389 g/mol. The van der Waals surface area contributed by atoms with E-state index in [4.69, 9.17) is 16.3 Å². The SMILES string of the molecule is O=C(Cc1ccc(Oc2ccc(Cl)cc2)cc1)Nc1ccnc2ccccc12. The van der Waals surface area contributed by atoms with Crippen molar-refractivity contribution < 1.29 is 9.53 Å². The molecule has 4 rings (SSSR count). The highest BCUT2D eigenvalue weighted by molar-refractivity contribution is 6.30. The number of nitrogens with zero attached hydrogens (tertiary/aromatic N) is 1. The molecule has 0 radical (unpaired) electrons. The number of amides is 1. The standard InChI is InChI=1S/C23H17ClN2O2/c24-17-7-11-19(12-8-17)28-18-9-5-16(6-10-18)15-23(27)26-22-13-14-25-21-4-2-1-3-20(21)22/h1-14H,15H2,(H,25,26,27). The van der Waals surface area contributed by atoms with Crippen molar-refractivity contribution in [2.75, 3.05) is 5.32 Å². The first-order chi connectivity index (χ1) is 13.7. The molecule has 5 heteroatoms. The Bertz CT molecular complexity index is 1100. The van der Waals surface area contributed by atoms with Crippen molar-refractivity contribution in [2.24, 2.45) is 0 Å². The molecule has 0 aliphatic carbocycles. The molecule has 0 aliphatic rings. The molecule has 28 heavy (non-hydrogen) atoms. The Morgan fingerprint density at radius 1 is 0.893 bits per heavy atom. The highest BCUT2D eigenvalue weighted by Crippen LogP contribution is 2.24. The molecular weight excluding hydrogens is 372 g/mol. The Balaban J connectivity index is 1.41. The van der Waals surface area contributed by atoms with Crippen LogP contribution in [-0.4, -0.2) is 10.9 Å². The van der Waals surface area contributed by atoms with Crippen molar-refractivity contribution in [3.8, 4) is 11.5 Å². The number of para-hydroxylation sites is 1. The fourth-order valence-corrected chi connectivity index (χ4v) is 3.02. The molecule has 0 bridgehead atoms. The van der Waals surface area contributed by atoms with E-state index >= 15 is 0 Å². The number of aromatic nitrogens is 1. The van der Waals surface area contributed by atoms with E-state index < -0.39 is 0 Å². The van der Waals surface area contributed by atoms with E-state index in [0.717, 1.165) is 22.2 Å². The minimum absolute atomic E-state index is 0.0808. The van der Waals surface area contributed by atoms with Gasteiger partial charge in [-0.25, -0.2) is 0 Å². The molecule has 3 aromatic carbocycles. The van der Waals surface area contributed by atoms with E-state index in [1.54, 1.807) is 18.3 Å². The number of pyridine rings is 1. The first-order valence-corrected chi connectivity index (χ1v) is 9.21. The highest BCUT2D eigenvalue weighted by Gasteiger charge is 2.08. The zero-order valence-electron chi connectivity index (χ0n) is 14.9. The average Bonchev–Trinajstić information content (AvgIpc) is 2.71. The lowest BCUT2D eigenvalue weighted by Crippen LogP contribution is -2.14. The normalized spacial score (nSPS) is 10.6. The Morgan fingerprint density at radius 3 is 2.32 bits per heavy atom. The minimum Gasteiger partial charge on any atom is -0.457 e. The fourth-order valence-electron chi connectivity index (χ4n) is 2.90. The molecule has 138 valence electrons. The van der Waals surface area contributed by atoms with Gasteiger partial charge in [0.15, 0.2) is 0 Å². The molecule has 1 heterocycles. The van der Waals surface area contributed by atoms with Crippen LogP contribution >= 0.6 is 11.6 Å². The third-order valence-corrected chi connectivity index (χ3v) is 4.51. The summed E-state index contributed by atoms with van der Waals surface area (Å²) in [5, 5.41) is 4.55. The number of carbonyl (C=O) groups excluding carboxylic acids is 1. The van der Waals surface area contributed by atoms with E-state index in [1.165, 1.54) is 0 Å². The maximum absolute atomic E-state index is 12.5. The lowest BCUT2D eigenvalue weighted by Gasteiger charge is -2.09. The molecule has 1 amide bonds. The summed E-state index contributed by atoms with van der Waals surface area (Å²) in [6.07, 6.45) is 1.97. The topological polar surface area (TPSA) is 51.2 Å². The summed E-state index contributed by atoms with van der Waals surface area (Å²) in [5.41, 5.74) is 2.52. The summed E-state index contributed by atoms with van der Waals surface area (Å²) in [6, 6.07) is 24.2. The number of carbonyl (C=O) groups is 1. The fraction of sp³-hybridized carbons (Fsp3) is 0.0435. The van der Waals surface area contributed by atoms with Gasteiger partial charge in [-0.2, -0.15) is 0 Å². The maximum atomic E-state index is 12.5. The second-order valence-electron chi connectivity index (χ2n) is 6.30. The van der Waals surface area contributed by atoms with Crippen LogP contribution in [0.3, 0.4) is 0 Å². The maximum Gasteiger partial charge on any atom is 0.228 e. The third kappa shape index (κ3) is 4.30. The quantitative estimate of drug-likeness (QED) is 0.465. The first-order valence-electron chi connectivity index (χ1n) is 8.83. The van der Waals surface area contributed by atoms with Gasteiger partial charge in [0.1, 0.15) is 11.5 Å². The van der Waals surface area contributed by atoms with Gasteiger partial charge in [-0.3, -0.25) is 9.78 Å². The van der Waals surface area contributed by atoms with Crippen molar-refractivity contribution in [1.29, 1.82) is 0 Å². The zero-order chi connectivity index (χ0) is 19.3. The van der Waals surface area contributed by atoms with Gasteiger partial charge >= 0.3 is 0 Å². The van der Waals surface area contributed by atoms with Crippen LogP contribution in [0.2, 0.25) is 5.02 Å². The smallest absolute Gasteiger partial charge is 0.228 e. The lowest BCUT2D eigenvalue weighted by molar-refractivity contribution is -0.115. The molecular formula is C23H17ClN2O2. The molecule has 4 nitrogen and oxygen atoms in total. The van der Waals surface area contributed by atoms with Crippen molar-refractivity contribution in [1.82, 2.24) is 4.98 Å². The Kier molecular flexibility index (Phi) is 5.22. The summed E-state index contributed by atoms with van der Waals surface area (Å²) in [4.78, 5) is 16.8. The summed E-state index contributed by atoms with van der Waals surface area (Å²) >= 11 is 5.88. The number of ether oxygens (including phenoxy) is 1. The van der Waals surface area contributed by atoms with Crippen LogP contribution in [0.5, 0.6) is 11.5 Å². The van der Waals surface area contributed by atoms with Crippen molar-refractivity contribution in [2.45, 2.75) is 6.42 Å². The molecule has 0 fully saturated rings. The predicted octanol–water partition coefficient (Wildman–Crippen LogP) is 5.86. The number of hydrogen-bond donors (Lipinski definition) is 1. The zero-order valence-corrected chi connectivity index (χ0v) is 15.7. The number of fused-ring (bicyclic) bond motifs is 1. The van der Waals surface area contributed by atoms with E-state index in [-0.39, 0.29) is 12.3 Å². The highest BCUT2D eigenvalue weighted by atomic mass is 35.5. The van der Waals surface area contributed by atoms with Gasteiger partial charge in [0, 0.05) is 16.6 Å². The number of nitrogens with one attached hydrogen (secondary N) is 1. The Hall–Kier alpha value is -3.37. The molecule has 0 aliphatic heterocycles. The molecule has 0 spiro atoms. The van der Waals surface area contributed by atoms with Gasteiger partial charge in [-0.1, -0.05) is 41.9 Å². The molecule has 0 unspecified atom stereocenters. The van der Waals surface area contributed by atoms with E-state index in [2.05, 4.69) is 10.3 Å². The minimum atomic E-state index is -0.0808. The molecule has 0 saturated heterocycles. The first kappa shape index (κ1) is 18.0. The van der Waals surface area contributed by atoms with Gasteiger partial charge < -0.3 is 10.1 Å². The van der Waals surface area contributed by atoms with E-state index in [0.29, 0.717) is 16.5 Å². The van der Waals surface area contributed by atoms with Crippen LogP contribution in [0.25, 0.3) is 10.9 Å². The number of rotatable bonds is 5. The lowest BCUT2D eigenvalue weighted by atomic mass is 10.1. The van der Waals surface area contributed by atoms with Gasteiger partial charge in [0.25, 0.3) is 0 Å².